The lowest BCUT2D eigenvalue weighted by Crippen LogP contribution is -2.32. The molecule has 3 heteroatoms. The summed E-state index contributed by atoms with van der Waals surface area (Å²) >= 11 is 0. The van der Waals surface area contributed by atoms with Crippen molar-refractivity contribution in [3.05, 3.63) is 29.3 Å². The Morgan fingerprint density at radius 2 is 1.95 bits per heavy atom. The minimum atomic E-state index is -0.622. The molecule has 0 saturated heterocycles. The van der Waals surface area contributed by atoms with Gasteiger partial charge in [-0.2, -0.15) is 0 Å². The van der Waals surface area contributed by atoms with Crippen molar-refractivity contribution >= 4 is 0 Å². The molecule has 1 aromatic carbocycles. The molecule has 0 radical (unpaired) electrons. The minimum Gasteiger partial charge on any atom is -0.496 e. The van der Waals surface area contributed by atoms with Crippen molar-refractivity contribution in [3.63, 3.8) is 0 Å². The first-order valence-corrected chi connectivity index (χ1v) is 8.11. The fraction of sp³-hybridized carbons (Fsp3) is 0.667. The third kappa shape index (κ3) is 3.98. The molecule has 1 N–H and O–H groups in total. The first-order valence-electron chi connectivity index (χ1n) is 8.11. The lowest BCUT2D eigenvalue weighted by Gasteiger charge is -2.34. The van der Waals surface area contributed by atoms with Gasteiger partial charge in [-0.1, -0.05) is 30.9 Å². The number of aliphatic hydroxyl groups is 1. The van der Waals surface area contributed by atoms with Gasteiger partial charge in [0, 0.05) is 12.2 Å². The molecule has 1 aromatic rings. The molecule has 2 rings (SSSR count). The van der Waals surface area contributed by atoms with Gasteiger partial charge >= 0.3 is 0 Å². The topological polar surface area (TPSA) is 38.7 Å². The van der Waals surface area contributed by atoms with E-state index >= 15 is 0 Å². The average Bonchev–Trinajstić information content (AvgIpc) is 2.52. The Kier molecular flexibility index (Phi) is 6.07. The zero-order valence-electron chi connectivity index (χ0n) is 13.5. The van der Waals surface area contributed by atoms with Crippen LogP contribution in [-0.4, -0.2) is 24.9 Å². The second-order valence-electron chi connectivity index (χ2n) is 6.01. The maximum absolute atomic E-state index is 10.9. The maximum atomic E-state index is 10.9. The van der Waals surface area contributed by atoms with E-state index in [4.69, 9.17) is 9.47 Å². The Morgan fingerprint density at radius 3 is 2.57 bits per heavy atom. The molecule has 0 aromatic heterocycles. The Balaban J connectivity index is 2.24. The lowest BCUT2D eigenvalue weighted by molar-refractivity contribution is -0.0745. The highest BCUT2D eigenvalue weighted by atomic mass is 16.5. The van der Waals surface area contributed by atoms with Crippen LogP contribution in [0.4, 0.5) is 0 Å². The molecule has 1 fully saturated rings. The maximum Gasteiger partial charge on any atom is 0.124 e. The molecule has 0 heterocycles. The summed E-state index contributed by atoms with van der Waals surface area (Å²) in [6, 6.07) is 5.95. The summed E-state index contributed by atoms with van der Waals surface area (Å²) in [5.41, 5.74) is 1.98. The van der Waals surface area contributed by atoms with Crippen LogP contribution >= 0.6 is 0 Å². The van der Waals surface area contributed by atoms with E-state index in [0.29, 0.717) is 12.5 Å². The zero-order chi connectivity index (χ0) is 15.2. The van der Waals surface area contributed by atoms with Crippen LogP contribution in [0.2, 0.25) is 0 Å². The highest BCUT2D eigenvalue weighted by Crippen LogP contribution is 2.37. The molecular formula is C18H28O3. The van der Waals surface area contributed by atoms with Crippen LogP contribution in [-0.2, 0) is 4.74 Å². The van der Waals surface area contributed by atoms with Crippen LogP contribution in [0.15, 0.2) is 18.2 Å². The van der Waals surface area contributed by atoms with Crippen LogP contribution in [0.25, 0.3) is 0 Å². The van der Waals surface area contributed by atoms with Gasteiger partial charge in [-0.05, 0) is 44.7 Å². The van der Waals surface area contributed by atoms with Crippen LogP contribution in [0.1, 0.15) is 56.3 Å². The largest absolute Gasteiger partial charge is 0.496 e. The van der Waals surface area contributed by atoms with E-state index in [1.54, 1.807) is 7.11 Å². The molecule has 3 nitrogen and oxygen atoms in total. The van der Waals surface area contributed by atoms with Crippen molar-refractivity contribution in [2.45, 2.75) is 58.2 Å². The van der Waals surface area contributed by atoms with Gasteiger partial charge < -0.3 is 14.6 Å². The summed E-state index contributed by atoms with van der Waals surface area (Å²) in [5.74, 6) is 1.19. The molecule has 118 valence electrons. The summed E-state index contributed by atoms with van der Waals surface area (Å²) in [6.45, 7) is 4.66. The SMILES string of the molecule is CCOC(C1CCCCC1)C(O)c1cc(C)ccc1OC. The Hall–Kier alpha value is -1.06. The summed E-state index contributed by atoms with van der Waals surface area (Å²) < 4.78 is 11.4. The second-order valence-corrected chi connectivity index (χ2v) is 6.01. The van der Waals surface area contributed by atoms with Crippen LogP contribution in [0, 0.1) is 12.8 Å². The van der Waals surface area contributed by atoms with E-state index in [0.717, 1.165) is 29.7 Å². The number of methoxy groups -OCH3 is 1. The normalized spacial score (nSPS) is 19.2. The number of aliphatic hydroxyl groups excluding tert-OH is 1. The standard InChI is InChI=1S/C18H28O3/c1-4-21-18(14-8-6-5-7-9-14)17(19)15-12-13(2)10-11-16(15)20-3/h10-12,14,17-19H,4-9H2,1-3H3. The monoisotopic (exact) mass is 292 g/mol. The zero-order valence-corrected chi connectivity index (χ0v) is 13.5. The van der Waals surface area contributed by atoms with E-state index in [1.165, 1.54) is 19.3 Å². The summed E-state index contributed by atoms with van der Waals surface area (Å²) in [4.78, 5) is 0. The van der Waals surface area contributed by atoms with E-state index < -0.39 is 6.10 Å². The van der Waals surface area contributed by atoms with Gasteiger partial charge in [0.15, 0.2) is 0 Å². The first kappa shape index (κ1) is 16.3. The molecule has 0 spiro atoms. The van der Waals surface area contributed by atoms with Crippen LogP contribution in [0.3, 0.4) is 0 Å². The van der Waals surface area contributed by atoms with Crippen molar-refractivity contribution in [2.24, 2.45) is 5.92 Å². The third-order valence-corrected chi connectivity index (χ3v) is 4.49. The Morgan fingerprint density at radius 1 is 1.24 bits per heavy atom. The lowest BCUT2D eigenvalue weighted by atomic mass is 9.81. The van der Waals surface area contributed by atoms with Gasteiger partial charge in [-0.15, -0.1) is 0 Å². The van der Waals surface area contributed by atoms with Gasteiger partial charge in [-0.3, -0.25) is 0 Å². The van der Waals surface area contributed by atoms with Crippen molar-refractivity contribution in [3.8, 4) is 5.75 Å². The first-order chi connectivity index (χ1) is 10.2. The smallest absolute Gasteiger partial charge is 0.124 e. The van der Waals surface area contributed by atoms with E-state index in [9.17, 15) is 5.11 Å². The molecule has 1 saturated carbocycles. The molecule has 21 heavy (non-hydrogen) atoms. The molecule has 0 bridgehead atoms. The molecular weight excluding hydrogens is 264 g/mol. The number of hydrogen-bond acceptors (Lipinski definition) is 3. The van der Waals surface area contributed by atoms with Gasteiger partial charge in [-0.25, -0.2) is 0 Å². The fourth-order valence-electron chi connectivity index (χ4n) is 3.40. The van der Waals surface area contributed by atoms with E-state index in [1.807, 2.05) is 32.0 Å². The fourth-order valence-corrected chi connectivity index (χ4v) is 3.40. The summed E-state index contributed by atoms with van der Waals surface area (Å²) in [7, 11) is 1.65. The van der Waals surface area contributed by atoms with Crippen molar-refractivity contribution in [1.82, 2.24) is 0 Å². The molecule has 0 amide bonds. The van der Waals surface area contributed by atoms with Gasteiger partial charge in [0.2, 0.25) is 0 Å². The Bertz CT molecular complexity index is 438. The number of hydrogen-bond donors (Lipinski definition) is 1. The van der Waals surface area contributed by atoms with E-state index in [-0.39, 0.29) is 6.10 Å². The molecule has 1 aliphatic carbocycles. The van der Waals surface area contributed by atoms with Gasteiger partial charge in [0.1, 0.15) is 11.9 Å². The van der Waals surface area contributed by atoms with Crippen LogP contribution in [0.5, 0.6) is 5.75 Å². The van der Waals surface area contributed by atoms with Crippen molar-refractivity contribution in [2.75, 3.05) is 13.7 Å². The van der Waals surface area contributed by atoms with E-state index in [2.05, 4.69) is 0 Å². The average molecular weight is 292 g/mol. The van der Waals surface area contributed by atoms with Crippen LogP contribution < -0.4 is 4.74 Å². The molecule has 0 aliphatic heterocycles. The quantitative estimate of drug-likeness (QED) is 0.860. The number of benzene rings is 1. The Labute approximate surface area is 128 Å². The highest BCUT2D eigenvalue weighted by Gasteiger charge is 2.32. The molecule has 2 atom stereocenters. The number of rotatable bonds is 6. The highest BCUT2D eigenvalue weighted by molar-refractivity contribution is 5.39. The predicted octanol–water partition coefficient (Wildman–Crippen LogP) is 4.02. The second kappa shape index (κ2) is 7.81. The number of aryl methyl sites for hydroxylation is 1. The minimum absolute atomic E-state index is 0.133. The molecule has 2 unspecified atom stereocenters. The third-order valence-electron chi connectivity index (χ3n) is 4.49. The molecule has 1 aliphatic rings. The van der Waals surface area contributed by atoms with Gasteiger partial charge in [0.05, 0.1) is 13.2 Å². The predicted molar refractivity (Wildman–Crippen MR) is 84.7 cm³/mol. The number of ether oxygens (including phenoxy) is 2. The summed E-state index contributed by atoms with van der Waals surface area (Å²) in [6.07, 6.45) is 5.33. The van der Waals surface area contributed by atoms with Crippen molar-refractivity contribution in [1.29, 1.82) is 0 Å². The van der Waals surface area contributed by atoms with Crippen molar-refractivity contribution < 1.29 is 14.6 Å². The summed E-state index contributed by atoms with van der Waals surface area (Å²) in [5, 5.41) is 10.9. The van der Waals surface area contributed by atoms with Gasteiger partial charge in [0.25, 0.3) is 0 Å².